The summed E-state index contributed by atoms with van der Waals surface area (Å²) in [6.07, 6.45) is 19.2. The molecule has 0 atom stereocenters. The Morgan fingerprint density at radius 2 is 0.800 bits per heavy atom. The molecular formula is C18H40O2. The predicted octanol–water partition coefficient (Wildman–Crippen LogP) is 5.44. The highest BCUT2D eigenvalue weighted by molar-refractivity contribution is 4.48. The Balaban J connectivity index is -0.000000916. The van der Waals surface area contributed by atoms with Crippen LogP contribution in [-0.2, 0) is 0 Å². The van der Waals surface area contributed by atoms with Crippen LogP contribution in [0.25, 0.3) is 0 Å². The molecule has 0 aromatic heterocycles. The average molecular weight is 289 g/mol. The first kappa shape index (κ1) is 24.7. The third kappa shape index (κ3) is 26.3. The van der Waals surface area contributed by atoms with Gasteiger partial charge >= 0.3 is 0 Å². The topological polar surface area (TPSA) is 51.7 Å². The third-order valence-corrected chi connectivity index (χ3v) is 3.51. The van der Waals surface area contributed by atoms with E-state index in [1.807, 2.05) is 0 Å². The molecule has 0 bridgehead atoms. The summed E-state index contributed by atoms with van der Waals surface area (Å²) >= 11 is 0. The van der Waals surface area contributed by atoms with Gasteiger partial charge in [-0.15, -0.1) is 13.2 Å². The second kappa shape index (κ2) is 27.1. The summed E-state index contributed by atoms with van der Waals surface area (Å²) in [4.78, 5) is 0. The van der Waals surface area contributed by atoms with E-state index < -0.39 is 0 Å². The van der Waals surface area contributed by atoms with Crippen molar-refractivity contribution in [1.29, 1.82) is 0 Å². The maximum Gasteiger partial charge on any atom is 0.0431 e. The molecule has 0 saturated heterocycles. The SMILES string of the molecule is C=C.CCCCCCCCCCCCCCCCO.O. The van der Waals surface area contributed by atoms with Crippen LogP contribution in [-0.4, -0.2) is 17.2 Å². The number of aliphatic hydroxyl groups excluding tert-OH is 1. The van der Waals surface area contributed by atoms with Gasteiger partial charge in [0.1, 0.15) is 0 Å². The highest BCUT2D eigenvalue weighted by Gasteiger charge is 1.93. The highest BCUT2D eigenvalue weighted by Crippen LogP contribution is 2.12. The second-order valence-electron chi connectivity index (χ2n) is 5.32. The molecule has 0 aromatic rings. The molecule has 3 N–H and O–H groups in total. The molecule has 0 fully saturated rings. The first-order valence-electron chi connectivity index (χ1n) is 8.52. The number of hydrogen-bond donors (Lipinski definition) is 1. The standard InChI is InChI=1S/C16H34O.C2H4.H2O/c1-2-3-4-5-6-7-8-9-10-11-12-13-14-15-16-17;1-2;/h17H,2-16H2,1H3;1-2H2;1H2. The summed E-state index contributed by atoms with van der Waals surface area (Å²) < 4.78 is 0. The summed E-state index contributed by atoms with van der Waals surface area (Å²) in [5.41, 5.74) is 0. The summed E-state index contributed by atoms with van der Waals surface area (Å²) in [6.45, 7) is 8.65. The number of hydrogen-bond acceptors (Lipinski definition) is 1. The first-order valence-corrected chi connectivity index (χ1v) is 8.52. The van der Waals surface area contributed by atoms with Gasteiger partial charge in [0.2, 0.25) is 0 Å². The van der Waals surface area contributed by atoms with E-state index in [9.17, 15) is 0 Å². The van der Waals surface area contributed by atoms with Crippen molar-refractivity contribution >= 4 is 0 Å². The molecule has 124 valence electrons. The molecule has 0 aromatic carbocycles. The Kier molecular flexibility index (Phi) is 33.4. The van der Waals surface area contributed by atoms with Gasteiger partial charge in [-0.25, -0.2) is 0 Å². The maximum absolute atomic E-state index is 8.64. The van der Waals surface area contributed by atoms with Gasteiger partial charge in [0.05, 0.1) is 0 Å². The molecule has 0 spiro atoms. The molecule has 0 amide bonds. The second-order valence-corrected chi connectivity index (χ2v) is 5.32. The van der Waals surface area contributed by atoms with Crippen molar-refractivity contribution in [2.45, 2.75) is 96.8 Å². The quantitative estimate of drug-likeness (QED) is 0.336. The Bertz CT molecular complexity index is 123. The van der Waals surface area contributed by atoms with Crippen molar-refractivity contribution in [3.05, 3.63) is 13.2 Å². The maximum atomic E-state index is 8.64. The number of aliphatic hydroxyl groups is 1. The first-order chi connectivity index (χ1) is 9.41. The van der Waals surface area contributed by atoms with E-state index in [1.165, 1.54) is 83.5 Å². The van der Waals surface area contributed by atoms with Crippen LogP contribution in [0.15, 0.2) is 13.2 Å². The zero-order valence-electron chi connectivity index (χ0n) is 14.0. The monoisotopic (exact) mass is 288 g/mol. The molecule has 20 heavy (non-hydrogen) atoms. The smallest absolute Gasteiger partial charge is 0.0431 e. The van der Waals surface area contributed by atoms with Crippen LogP contribution in [0, 0.1) is 0 Å². The van der Waals surface area contributed by atoms with Crippen molar-refractivity contribution in [3.63, 3.8) is 0 Å². The lowest BCUT2D eigenvalue weighted by molar-refractivity contribution is 0.282. The minimum atomic E-state index is 0. The minimum absolute atomic E-state index is 0. The molecule has 0 heterocycles. The van der Waals surface area contributed by atoms with Crippen molar-refractivity contribution < 1.29 is 10.6 Å². The highest BCUT2D eigenvalue weighted by atomic mass is 16.2. The van der Waals surface area contributed by atoms with Gasteiger partial charge in [-0.2, -0.15) is 0 Å². The molecule has 0 unspecified atom stereocenters. The molecule has 2 nitrogen and oxygen atoms in total. The number of rotatable bonds is 14. The molecule has 0 rings (SSSR count). The fraction of sp³-hybridized carbons (Fsp3) is 0.889. The number of unbranched alkanes of at least 4 members (excludes halogenated alkanes) is 13. The largest absolute Gasteiger partial charge is 0.412 e. The van der Waals surface area contributed by atoms with Gasteiger partial charge < -0.3 is 10.6 Å². The van der Waals surface area contributed by atoms with Crippen LogP contribution >= 0.6 is 0 Å². The Labute approximate surface area is 128 Å². The lowest BCUT2D eigenvalue weighted by Crippen LogP contribution is -1.84. The zero-order chi connectivity index (χ0) is 14.6. The Morgan fingerprint density at radius 1 is 0.550 bits per heavy atom. The lowest BCUT2D eigenvalue weighted by atomic mass is 10.0. The Morgan fingerprint density at radius 3 is 1.05 bits per heavy atom. The van der Waals surface area contributed by atoms with E-state index in [4.69, 9.17) is 5.11 Å². The van der Waals surface area contributed by atoms with Crippen molar-refractivity contribution in [1.82, 2.24) is 0 Å². The van der Waals surface area contributed by atoms with E-state index >= 15 is 0 Å². The van der Waals surface area contributed by atoms with Gasteiger partial charge in [-0.3, -0.25) is 0 Å². The summed E-state index contributed by atoms with van der Waals surface area (Å²) in [5.74, 6) is 0. The van der Waals surface area contributed by atoms with E-state index in [0.717, 1.165) is 6.42 Å². The van der Waals surface area contributed by atoms with Gasteiger partial charge in [-0.1, -0.05) is 90.4 Å². The molecule has 0 aliphatic carbocycles. The predicted molar refractivity (Wildman–Crippen MR) is 92.3 cm³/mol. The average Bonchev–Trinajstić information content (AvgIpc) is 2.46. The minimum Gasteiger partial charge on any atom is -0.412 e. The third-order valence-electron chi connectivity index (χ3n) is 3.51. The molecule has 0 radical (unpaired) electrons. The molecule has 0 saturated carbocycles. The molecule has 2 heteroatoms. The van der Waals surface area contributed by atoms with Crippen LogP contribution in [0.2, 0.25) is 0 Å². The van der Waals surface area contributed by atoms with Crippen molar-refractivity contribution in [2.24, 2.45) is 0 Å². The van der Waals surface area contributed by atoms with Gasteiger partial charge in [0.15, 0.2) is 0 Å². The van der Waals surface area contributed by atoms with Crippen LogP contribution in [0.3, 0.4) is 0 Å². The van der Waals surface area contributed by atoms with Gasteiger partial charge in [0, 0.05) is 6.61 Å². The van der Waals surface area contributed by atoms with Crippen LogP contribution in [0.4, 0.5) is 0 Å². The molecule has 0 aliphatic heterocycles. The van der Waals surface area contributed by atoms with Gasteiger partial charge in [-0.05, 0) is 6.42 Å². The Hall–Kier alpha value is -0.340. The van der Waals surface area contributed by atoms with E-state index in [0.29, 0.717) is 6.61 Å². The zero-order valence-corrected chi connectivity index (χ0v) is 14.0. The van der Waals surface area contributed by atoms with Crippen molar-refractivity contribution in [3.8, 4) is 0 Å². The van der Waals surface area contributed by atoms with Crippen LogP contribution in [0.5, 0.6) is 0 Å². The summed E-state index contributed by atoms with van der Waals surface area (Å²) in [7, 11) is 0. The molecule has 0 aliphatic rings. The van der Waals surface area contributed by atoms with E-state index in [2.05, 4.69) is 20.1 Å². The van der Waals surface area contributed by atoms with E-state index in [-0.39, 0.29) is 5.48 Å². The van der Waals surface area contributed by atoms with Crippen LogP contribution in [0.1, 0.15) is 96.8 Å². The fourth-order valence-electron chi connectivity index (χ4n) is 2.31. The summed E-state index contributed by atoms with van der Waals surface area (Å²) in [5, 5.41) is 8.64. The van der Waals surface area contributed by atoms with Gasteiger partial charge in [0.25, 0.3) is 0 Å². The lowest BCUT2D eigenvalue weighted by Gasteiger charge is -2.02. The fourth-order valence-corrected chi connectivity index (χ4v) is 2.31. The van der Waals surface area contributed by atoms with E-state index in [1.54, 1.807) is 0 Å². The molecular weight excluding hydrogens is 248 g/mol. The van der Waals surface area contributed by atoms with Crippen molar-refractivity contribution in [2.75, 3.05) is 6.61 Å². The van der Waals surface area contributed by atoms with Crippen LogP contribution < -0.4 is 0 Å². The normalized spacial score (nSPS) is 9.50. The summed E-state index contributed by atoms with van der Waals surface area (Å²) in [6, 6.07) is 0.